The van der Waals surface area contributed by atoms with Crippen LogP contribution in [0.25, 0.3) is 21.3 Å². The quantitative estimate of drug-likeness (QED) is 0.471. The minimum absolute atomic E-state index is 0.0780. The lowest BCUT2D eigenvalue weighted by molar-refractivity contribution is 0.183. The van der Waals surface area contributed by atoms with Crippen molar-refractivity contribution in [2.75, 3.05) is 13.7 Å². The molecule has 3 aromatic rings. The largest absolute Gasteiger partial charge is 0.383 e. The molecule has 132 valence electrons. The second-order valence-corrected chi connectivity index (χ2v) is 8.25. The Bertz CT molecular complexity index is 933. The van der Waals surface area contributed by atoms with Gasteiger partial charge in [0.25, 0.3) is 5.56 Å². The van der Waals surface area contributed by atoms with Crippen molar-refractivity contribution in [2.45, 2.75) is 30.8 Å². The van der Waals surface area contributed by atoms with Crippen LogP contribution in [0.5, 0.6) is 0 Å². The molecule has 0 spiro atoms. The number of halogens is 1. The molecule has 0 unspecified atom stereocenters. The van der Waals surface area contributed by atoms with Gasteiger partial charge in [0.15, 0.2) is 5.16 Å². The van der Waals surface area contributed by atoms with E-state index in [2.05, 4.69) is 13.8 Å². The fourth-order valence-electron chi connectivity index (χ4n) is 2.53. The molecule has 25 heavy (non-hydrogen) atoms. The zero-order chi connectivity index (χ0) is 18.0. The molecular weight excluding hydrogens is 359 g/mol. The number of thioether (sulfide) groups is 1. The Morgan fingerprint density at radius 1 is 1.32 bits per heavy atom. The number of ether oxygens (including phenoxy) is 1. The van der Waals surface area contributed by atoms with Gasteiger partial charge in [-0.15, -0.1) is 11.3 Å². The number of rotatable bonds is 6. The lowest BCUT2D eigenvalue weighted by Crippen LogP contribution is -2.25. The van der Waals surface area contributed by atoms with Crippen LogP contribution in [-0.2, 0) is 11.3 Å². The molecule has 2 aromatic heterocycles. The van der Waals surface area contributed by atoms with Crippen LogP contribution in [0.1, 0.15) is 13.8 Å². The fraction of sp³-hybridized carbons (Fsp3) is 0.333. The number of aromatic nitrogens is 2. The molecule has 0 bridgehead atoms. The van der Waals surface area contributed by atoms with Crippen molar-refractivity contribution in [3.63, 3.8) is 0 Å². The first-order valence-electron chi connectivity index (χ1n) is 7.95. The number of benzene rings is 1. The summed E-state index contributed by atoms with van der Waals surface area (Å²) in [4.78, 5) is 18.6. The Labute approximate surface area is 153 Å². The summed E-state index contributed by atoms with van der Waals surface area (Å²) in [7, 11) is 1.61. The van der Waals surface area contributed by atoms with Crippen molar-refractivity contribution >= 4 is 33.3 Å². The molecule has 1 aromatic carbocycles. The van der Waals surface area contributed by atoms with Gasteiger partial charge in [0.2, 0.25) is 0 Å². The number of methoxy groups -OCH3 is 1. The molecule has 0 aliphatic carbocycles. The van der Waals surface area contributed by atoms with Crippen LogP contribution in [0.15, 0.2) is 39.6 Å². The number of hydrogen-bond acceptors (Lipinski definition) is 5. The predicted octanol–water partition coefficient (Wildman–Crippen LogP) is 4.41. The first-order chi connectivity index (χ1) is 12.0. The highest BCUT2D eigenvalue weighted by Crippen LogP contribution is 2.32. The molecule has 0 N–H and O–H groups in total. The van der Waals surface area contributed by atoms with Gasteiger partial charge in [-0.2, -0.15) is 0 Å². The second kappa shape index (κ2) is 7.68. The maximum Gasteiger partial charge on any atom is 0.263 e. The molecule has 2 heterocycles. The summed E-state index contributed by atoms with van der Waals surface area (Å²) in [6, 6.07) is 6.18. The van der Waals surface area contributed by atoms with E-state index in [0.29, 0.717) is 33.8 Å². The average Bonchev–Trinajstić information content (AvgIpc) is 2.99. The van der Waals surface area contributed by atoms with Gasteiger partial charge in [0.1, 0.15) is 10.6 Å². The molecule has 0 fully saturated rings. The molecule has 0 amide bonds. The number of hydrogen-bond donors (Lipinski definition) is 0. The third kappa shape index (κ3) is 3.78. The van der Waals surface area contributed by atoms with Crippen molar-refractivity contribution in [1.82, 2.24) is 9.55 Å². The highest BCUT2D eigenvalue weighted by atomic mass is 32.2. The van der Waals surface area contributed by atoms with E-state index < -0.39 is 0 Å². The van der Waals surface area contributed by atoms with E-state index in [1.807, 2.05) is 5.38 Å². The van der Waals surface area contributed by atoms with Crippen molar-refractivity contribution < 1.29 is 9.13 Å². The van der Waals surface area contributed by atoms with Crippen molar-refractivity contribution in [1.29, 1.82) is 0 Å². The summed E-state index contributed by atoms with van der Waals surface area (Å²) < 4.78 is 20.0. The third-order valence-electron chi connectivity index (χ3n) is 3.67. The zero-order valence-electron chi connectivity index (χ0n) is 14.3. The molecule has 0 saturated carbocycles. The first kappa shape index (κ1) is 18.1. The van der Waals surface area contributed by atoms with Gasteiger partial charge in [-0.25, -0.2) is 9.37 Å². The van der Waals surface area contributed by atoms with E-state index in [1.54, 1.807) is 35.6 Å². The van der Waals surface area contributed by atoms with Crippen LogP contribution < -0.4 is 5.56 Å². The molecule has 0 aliphatic heterocycles. The molecule has 0 radical (unpaired) electrons. The Kier molecular flexibility index (Phi) is 5.56. The number of fused-ring (bicyclic) bond motifs is 1. The van der Waals surface area contributed by atoms with E-state index in [-0.39, 0.29) is 11.4 Å². The van der Waals surface area contributed by atoms with Gasteiger partial charge in [0.05, 0.1) is 18.5 Å². The van der Waals surface area contributed by atoms with Gasteiger partial charge in [0, 0.05) is 23.3 Å². The maximum atomic E-state index is 13.2. The van der Waals surface area contributed by atoms with Gasteiger partial charge in [-0.3, -0.25) is 9.36 Å². The topological polar surface area (TPSA) is 44.1 Å². The van der Waals surface area contributed by atoms with Crippen LogP contribution >= 0.6 is 23.1 Å². The summed E-state index contributed by atoms with van der Waals surface area (Å²) in [5, 5.41) is 3.52. The summed E-state index contributed by atoms with van der Waals surface area (Å²) >= 11 is 3.00. The third-order valence-corrected chi connectivity index (χ3v) is 5.54. The van der Waals surface area contributed by atoms with Gasteiger partial charge < -0.3 is 4.74 Å². The van der Waals surface area contributed by atoms with Crippen LogP contribution in [0.3, 0.4) is 0 Å². The highest BCUT2D eigenvalue weighted by molar-refractivity contribution is 7.99. The van der Waals surface area contributed by atoms with E-state index in [1.165, 1.54) is 23.5 Å². The zero-order valence-corrected chi connectivity index (χ0v) is 15.9. The fourth-order valence-corrected chi connectivity index (χ4v) is 4.39. The average molecular weight is 378 g/mol. The number of thiophene rings is 1. The Balaban J connectivity index is 2.19. The minimum Gasteiger partial charge on any atom is -0.383 e. The van der Waals surface area contributed by atoms with E-state index in [0.717, 1.165) is 11.1 Å². The standard InChI is InChI=1S/C18H19FN2O2S2/c1-11(2)25-18-20-16-15(17(22)21(18)8-9-23-3)14(10-24-16)12-4-6-13(19)7-5-12/h4-7,10-11H,8-9H2,1-3H3. The number of nitrogens with zero attached hydrogens (tertiary/aromatic N) is 2. The molecule has 3 rings (SSSR count). The Morgan fingerprint density at radius 2 is 2.04 bits per heavy atom. The summed E-state index contributed by atoms with van der Waals surface area (Å²) in [5.74, 6) is -0.297. The SMILES string of the molecule is COCCn1c(SC(C)C)nc2scc(-c3ccc(F)cc3)c2c1=O. The van der Waals surface area contributed by atoms with Crippen molar-refractivity contribution in [3.05, 3.63) is 45.8 Å². The highest BCUT2D eigenvalue weighted by Gasteiger charge is 2.18. The molecule has 0 aliphatic rings. The van der Waals surface area contributed by atoms with Gasteiger partial charge in [-0.1, -0.05) is 37.7 Å². The van der Waals surface area contributed by atoms with Crippen molar-refractivity contribution in [3.8, 4) is 11.1 Å². The summed E-state index contributed by atoms with van der Waals surface area (Å²) in [6.45, 7) is 5.03. The summed E-state index contributed by atoms with van der Waals surface area (Å²) in [5.41, 5.74) is 1.53. The lowest BCUT2D eigenvalue weighted by Gasteiger charge is -2.13. The van der Waals surface area contributed by atoms with Crippen LogP contribution in [0.4, 0.5) is 4.39 Å². The lowest BCUT2D eigenvalue weighted by atomic mass is 10.1. The van der Waals surface area contributed by atoms with Gasteiger partial charge in [-0.05, 0) is 17.7 Å². The minimum atomic E-state index is -0.297. The molecule has 7 heteroatoms. The second-order valence-electron chi connectivity index (χ2n) is 5.85. The molecular formula is C18H19FN2O2S2. The van der Waals surface area contributed by atoms with Crippen LogP contribution in [0.2, 0.25) is 0 Å². The monoisotopic (exact) mass is 378 g/mol. The first-order valence-corrected chi connectivity index (χ1v) is 9.70. The van der Waals surface area contributed by atoms with Crippen LogP contribution in [-0.4, -0.2) is 28.5 Å². The molecule has 4 nitrogen and oxygen atoms in total. The summed E-state index contributed by atoms with van der Waals surface area (Å²) in [6.07, 6.45) is 0. The predicted molar refractivity (Wildman–Crippen MR) is 102 cm³/mol. The van der Waals surface area contributed by atoms with E-state index in [4.69, 9.17) is 9.72 Å². The van der Waals surface area contributed by atoms with Gasteiger partial charge >= 0.3 is 0 Å². The maximum absolute atomic E-state index is 13.2. The molecule has 0 atom stereocenters. The normalized spacial score (nSPS) is 11.6. The Hall–Kier alpha value is -1.70. The Morgan fingerprint density at radius 3 is 2.68 bits per heavy atom. The van der Waals surface area contributed by atoms with E-state index >= 15 is 0 Å². The smallest absolute Gasteiger partial charge is 0.263 e. The van der Waals surface area contributed by atoms with Crippen LogP contribution in [0, 0.1) is 5.82 Å². The molecule has 0 saturated heterocycles. The van der Waals surface area contributed by atoms with Crippen molar-refractivity contribution in [2.24, 2.45) is 0 Å². The van der Waals surface area contributed by atoms with E-state index in [9.17, 15) is 9.18 Å².